The molecule has 3 aromatic carbocycles. The number of halogens is 2. The molecule has 8 heteroatoms. The van der Waals surface area contributed by atoms with Gasteiger partial charge in [0.15, 0.2) is 0 Å². The fraction of sp³-hybridized carbons (Fsp3) is 0. The maximum Gasteiger partial charge on any atom is 0.270 e. The van der Waals surface area contributed by atoms with E-state index >= 15 is 0 Å². The Balaban J connectivity index is 2.03. The lowest BCUT2D eigenvalue weighted by atomic mass is 9.93. The largest absolute Gasteiger partial charge is 0.270 e. The summed E-state index contributed by atoms with van der Waals surface area (Å²) in [6.07, 6.45) is 0. The number of nitro benzene ring substituents is 1. The molecule has 0 spiro atoms. The highest BCUT2D eigenvalue weighted by Gasteiger charge is 2.36. The number of nitrogens with zero attached hydrogens (tertiary/aromatic N) is 2. The molecule has 0 bridgehead atoms. The summed E-state index contributed by atoms with van der Waals surface area (Å²) >= 11 is 12.1. The highest BCUT2D eigenvalue weighted by molar-refractivity contribution is 6.41. The molecule has 0 radical (unpaired) electrons. The zero-order valence-corrected chi connectivity index (χ0v) is 14.4. The number of nitro groups is 1. The number of carbonyl (C=O) groups is 2. The lowest BCUT2D eigenvalue weighted by Gasteiger charge is -2.27. The van der Waals surface area contributed by atoms with Crippen LogP contribution in [0.25, 0.3) is 10.8 Å². The average molecular weight is 387 g/mol. The van der Waals surface area contributed by atoms with Crippen molar-refractivity contribution in [1.82, 2.24) is 0 Å². The van der Waals surface area contributed by atoms with Crippen molar-refractivity contribution in [1.29, 1.82) is 0 Å². The number of imide groups is 1. The third-order valence-electron chi connectivity index (χ3n) is 4.19. The van der Waals surface area contributed by atoms with Crippen LogP contribution in [-0.2, 0) is 0 Å². The van der Waals surface area contributed by atoms with Gasteiger partial charge in [0, 0.05) is 28.1 Å². The van der Waals surface area contributed by atoms with Gasteiger partial charge in [-0.05, 0) is 29.7 Å². The zero-order chi connectivity index (χ0) is 18.6. The van der Waals surface area contributed by atoms with E-state index in [0.29, 0.717) is 15.8 Å². The van der Waals surface area contributed by atoms with Crippen molar-refractivity contribution in [3.05, 3.63) is 79.8 Å². The number of non-ortho nitro benzene ring substituents is 1. The second-order valence-corrected chi connectivity index (χ2v) is 6.54. The summed E-state index contributed by atoms with van der Waals surface area (Å²) in [5.41, 5.74) is 0.233. The first kappa shape index (κ1) is 16.5. The molecular formula is C18H8Cl2N2O4. The smallest absolute Gasteiger partial charge is 0.268 e. The Morgan fingerprint density at radius 2 is 1.65 bits per heavy atom. The summed E-state index contributed by atoms with van der Waals surface area (Å²) in [7, 11) is 0. The highest BCUT2D eigenvalue weighted by atomic mass is 35.5. The first-order valence-corrected chi connectivity index (χ1v) is 8.19. The van der Waals surface area contributed by atoms with Crippen LogP contribution in [0.3, 0.4) is 0 Å². The monoisotopic (exact) mass is 386 g/mol. The lowest BCUT2D eigenvalue weighted by Crippen LogP contribution is -2.40. The van der Waals surface area contributed by atoms with Crippen LogP contribution in [0.15, 0.2) is 48.5 Å². The number of benzene rings is 3. The molecule has 0 saturated heterocycles. The van der Waals surface area contributed by atoms with E-state index in [1.807, 2.05) is 0 Å². The van der Waals surface area contributed by atoms with E-state index in [9.17, 15) is 19.7 Å². The van der Waals surface area contributed by atoms with E-state index in [1.165, 1.54) is 30.3 Å². The molecule has 0 unspecified atom stereocenters. The molecule has 128 valence electrons. The molecule has 3 aromatic rings. The second kappa shape index (κ2) is 5.79. The summed E-state index contributed by atoms with van der Waals surface area (Å²) in [6, 6.07) is 11.7. The molecule has 0 aromatic heterocycles. The predicted octanol–water partition coefficient (Wildman–Crippen LogP) is 4.86. The average Bonchev–Trinajstić information content (AvgIpc) is 2.62. The van der Waals surface area contributed by atoms with Crippen molar-refractivity contribution < 1.29 is 14.5 Å². The van der Waals surface area contributed by atoms with Crippen LogP contribution in [0.4, 0.5) is 11.4 Å². The summed E-state index contributed by atoms with van der Waals surface area (Å²) in [5, 5.41) is 12.5. The normalized spacial score (nSPS) is 13.4. The van der Waals surface area contributed by atoms with Gasteiger partial charge in [-0.15, -0.1) is 0 Å². The van der Waals surface area contributed by atoms with Crippen molar-refractivity contribution in [3.8, 4) is 0 Å². The molecule has 2 amide bonds. The van der Waals surface area contributed by atoms with Crippen molar-refractivity contribution >= 4 is 57.2 Å². The molecule has 1 heterocycles. The van der Waals surface area contributed by atoms with Gasteiger partial charge >= 0.3 is 0 Å². The van der Waals surface area contributed by atoms with E-state index in [0.717, 1.165) is 4.90 Å². The van der Waals surface area contributed by atoms with Crippen LogP contribution in [-0.4, -0.2) is 16.7 Å². The van der Waals surface area contributed by atoms with E-state index in [1.54, 1.807) is 18.2 Å². The van der Waals surface area contributed by atoms with Gasteiger partial charge in [-0.25, -0.2) is 4.90 Å². The number of rotatable bonds is 2. The van der Waals surface area contributed by atoms with Crippen LogP contribution < -0.4 is 4.90 Å². The van der Waals surface area contributed by atoms with E-state index < -0.39 is 16.7 Å². The Morgan fingerprint density at radius 3 is 2.38 bits per heavy atom. The van der Waals surface area contributed by atoms with Gasteiger partial charge in [-0.3, -0.25) is 19.7 Å². The number of amides is 2. The van der Waals surface area contributed by atoms with Crippen molar-refractivity contribution in [3.63, 3.8) is 0 Å². The molecular weight excluding hydrogens is 379 g/mol. The minimum Gasteiger partial charge on any atom is -0.268 e. The third-order valence-corrected chi connectivity index (χ3v) is 4.74. The molecule has 0 fully saturated rings. The molecule has 0 saturated carbocycles. The first-order chi connectivity index (χ1) is 12.4. The summed E-state index contributed by atoms with van der Waals surface area (Å²) in [5.74, 6) is -1.25. The minimum absolute atomic E-state index is 0.0699. The van der Waals surface area contributed by atoms with Crippen LogP contribution in [0.1, 0.15) is 20.7 Å². The maximum absolute atomic E-state index is 13.0. The van der Waals surface area contributed by atoms with Crippen LogP contribution in [0, 0.1) is 10.1 Å². The van der Waals surface area contributed by atoms with Crippen molar-refractivity contribution in [2.45, 2.75) is 0 Å². The predicted molar refractivity (Wildman–Crippen MR) is 98.2 cm³/mol. The number of carbonyl (C=O) groups excluding carboxylic acids is 2. The number of anilines is 1. The Kier molecular flexibility index (Phi) is 3.68. The molecule has 1 aliphatic rings. The lowest BCUT2D eigenvalue weighted by molar-refractivity contribution is -0.384. The van der Waals surface area contributed by atoms with E-state index in [2.05, 4.69) is 0 Å². The minimum atomic E-state index is -0.688. The van der Waals surface area contributed by atoms with Gasteiger partial charge < -0.3 is 0 Å². The Bertz CT molecular complexity index is 1140. The van der Waals surface area contributed by atoms with Crippen molar-refractivity contribution in [2.75, 3.05) is 4.90 Å². The molecule has 1 aliphatic heterocycles. The molecule has 0 atom stereocenters. The van der Waals surface area contributed by atoms with Gasteiger partial charge in [0.1, 0.15) is 0 Å². The number of hydrogen-bond donors (Lipinski definition) is 0. The third kappa shape index (κ3) is 2.34. The topological polar surface area (TPSA) is 80.5 Å². The molecule has 4 rings (SSSR count). The van der Waals surface area contributed by atoms with Crippen LogP contribution in [0.5, 0.6) is 0 Å². The molecule has 6 nitrogen and oxygen atoms in total. The SMILES string of the molecule is O=C1c2cccc3cc([N+](=O)[O-])cc(c23)C(=O)N1c1cc(Cl)ccc1Cl. The van der Waals surface area contributed by atoms with Crippen LogP contribution in [0.2, 0.25) is 10.0 Å². The number of hydrogen-bond acceptors (Lipinski definition) is 4. The summed E-state index contributed by atoms with van der Waals surface area (Å²) in [6.45, 7) is 0. The first-order valence-electron chi connectivity index (χ1n) is 7.43. The summed E-state index contributed by atoms with van der Waals surface area (Å²) in [4.78, 5) is 37.5. The molecule has 0 aliphatic carbocycles. The standard InChI is InChI=1S/C18H8Cl2N2O4/c19-10-4-5-14(20)15(7-10)21-17(23)12-3-1-2-9-6-11(22(25)26)8-13(16(9)12)18(21)24/h1-8H. The van der Waals surface area contributed by atoms with Gasteiger partial charge in [0.2, 0.25) is 0 Å². The van der Waals surface area contributed by atoms with E-state index in [-0.39, 0.29) is 27.5 Å². The van der Waals surface area contributed by atoms with Gasteiger partial charge in [-0.2, -0.15) is 0 Å². The van der Waals surface area contributed by atoms with E-state index in [4.69, 9.17) is 23.2 Å². The Morgan fingerprint density at radius 1 is 0.923 bits per heavy atom. The second-order valence-electron chi connectivity index (χ2n) is 5.70. The zero-order valence-electron chi connectivity index (χ0n) is 12.9. The highest BCUT2D eigenvalue weighted by Crippen LogP contribution is 2.38. The van der Waals surface area contributed by atoms with Crippen molar-refractivity contribution in [2.24, 2.45) is 0 Å². The Labute approximate surface area is 156 Å². The summed E-state index contributed by atoms with van der Waals surface area (Å²) < 4.78 is 0. The maximum atomic E-state index is 13.0. The van der Waals surface area contributed by atoms with Gasteiger partial charge in [0.25, 0.3) is 17.5 Å². The Hall–Kier alpha value is -2.96. The quantitative estimate of drug-likeness (QED) is 0.358. The van der Waals surface area contributed by atoms with Gasteiger partial charge in [0.05, 0.1) is 21.2 Å². The fourth-order valence-electron chi connectivity index (χ4n) is 3.07. The molecule has 0 N–H and O–H groups in total. The fourth-order valence-corrected chi connectivity index (χ4v) is 3.44. The molecule has 26 heavy (non-hydrogen) atoms. The van der Waals surface area contributed by atoms with Crippen LogP contribution >= 0.6 is 23.2 Å². The van der Waals surface area contributed by atoms with Gasteiger partial charge in [-0.1, -0.05) is 35.3 Å².